The zero-order valence-corrected chi connectivity index (χ0v) is 19.7. The van der Waals surface area contributed by atoms with E-state index in [1.165, 1.54) is 0 Å². The molecule has 150 valence electrons. The van der Waals surface area contributed by atoms with Crippen LogP contribution in [0.4, 0.5) is 11.4 Å². The number of amidine groups is 1. The first kappa shape index (κ1) is 20.6. The molecule has 0 saturated heterocycles. The Morgan fingerprint density at radius 3 is 2.33 bits per heavy atom. The summed E-state index contributed by atoms with van der Waals surface area (Å²) in [4.78, 5) is 21.8. The van der Waals surface area contributed by atoms with Gasteiger partial charge in [-0.1, -0.05) is 68.3 Å². The van der Waals surface area contributed by atoms with Crippen molar-refractivity contribution < 1.29 is 4.79 Å². The second-order valence-electron chi connectivity index (χ2n) is 7.05. The van der Waals surface area contributed by atoms with Gasteiger partial charge in [-0.05, 0) is 48.0 Å². The van der Waals surface area contributed by atoms with Crippen molar-refractivity contribution in [3.8, 4) is 0 Å². The first-order valence-corrected chi connectivity index (χ1v) is 11.0. The fraction of sp³-hybridized carbons (Fsp3) is 0.0833. The minimum Gasteiger partial charge on any atom is -0.378 e. The maximum absolute atomic E-state index is 13.4. The zero-order chi connectivity index (χ0) is 21.3. The minimum atomic E-state index is -0.157. The van der Waals surface area contributed by atoms with E-state index in [0.717, 1.165) is 31.4 Å². The summed E-state index contributed by atoms with van der Waals surface area (Å²) in [5.41, 5.74) is 4.05. The molecule has 0 spiro atoms. The summed E-state index contributed by atoms with van der Waals surface area (Å²) in [7, 11) is 4.00. The van der Waals surface area contributed by atoms with Crippen molar-refractivity contribution in [3.63, 3.8) is 0 Å². The predicted octanol–water partition coefficient (Wildman–Crippen LogP) is 6.11. The normalized spacial score (nSPS) is 14.9. The Kier molecular flexibility index (Phi) is 5.88. The number of halogens is 2. The molecule has 0 atom stereocenters. The second kappa shape index (κ2) is 8.58. The van der Waals surface area contributed by atoms with Gasteiger partial charge in [0.1, 0.15) is 11.5 Å². The molecule has 0 N–H and O–H groups in total. The Labute approximate surface area is 192 Å². The lowest BCUT2D eigenvalue weighted by atomic mass is 10.1. The average molecular weight is 525 g/mol. The zero-order valence-electron chi connectivity index (χ0n) is 16.5. The molecule has 0 aliphatic carbocycles. The molecule has 0 bridgehead atoms. The standard InChI is InChI=1S/C24H19Br2N3O/c1-28(2)18-12-10-16(11-13-18)14-22-24(30)29(19-7-5-6-17(25)15-19)23(27-22)20-8-3-4-9-21(20)26/h3-15H,1-2H3/b22-14+. The van der Waals surface area contributed by atoms with Crippen LogP contribution >= 0.6 is 31.9 Å². The molecule has 1 aliphatic heterocycles. The van der Waals surface area contributed by atoms with Gasteiger partial charge < -0.3 is 4.90 Å². The first-order valence-electron chi connectivity index (χ1n) is 9.37. The smallest absolute Gasteiger partial charge is 0.282 e. The molecule has 3 aromatic rings. The first-order chi connectivity index (χ1) is 14.4. The van der Waals surface area contributed by atoms with E-state index in [1.54, 1.807) is 4.90 Å². The van der Waals surface area contributed by atoms with E-state index >= 15 is 0 Å². The van der Waals surface area contributed by atoms with E-state index < -0.39 is 0 Å². The number of anilines is 2. The quantitative estimate of drug-likeness (QED) is 0.386. The summed E-state index contributed by atoms with van der Waals surface area (Å²) in [6.07, 6.45) is 1.83. The lowest BCUT2D eigenvalue weighted by Crippen LogP contribution is -2.32. The minimum absolute atomic E-state index is 0.157. The monoisotopic (exact) mass is 523 g/mol. The fourth-order valence-electron chi connectivity index (χ4n) is 3.22. The molecule has 0 unspecified atom stereocenters. The highest BCUT2D eigenvalue weighted by Gasteiger charge is 2.33. The van der Waals surface area contributed by atoms with Crippen LogP contribution in [-0.4, -0.2) is 25.8 Å². The number of nitrogens with zero attached hydrogens (tertiary/aromatic N) is 3. The molecule has 6 heteroatoms. The number of aliphatic imine (C=N–C) groups is 1. The van der Waals surface area contributed by atoms with Crippen molar-refractivity contribution in [1.29, 1.82) is 0 Å². The molecular formula is C24H19Br2N3O. The number of benzene rings is 3. The molecule has 1 aliphatic rings. The van der Waals surface area contributed by atoms with Crippen molar-refractivity contribution in [1.82, 2.24) is 0 Å². The summed E-state index contributed by atoms with van der Waals surface area (Å²) in [6.45, 7) is 0. The molecule has 30 heavy (non-hydrogen) atoms. The van der Waals surface area contributed by atoms with Gasteiger partial charge >= 0.3 is 0 Å². The Morgan fingerprint density at radius 2 is 1.67 bits per heavy atom. The van der Waals surface area contributed by atoms with Gasteiger partial charge in [-0.2, -0.15) is 0 Å². The molecule has 0 radical (unpaired) electrons. The molecular weight excluding hydrogens is 506 g/mol. The van der Waals surface area contributed by atoms with E-state index in [4.69, 9.17) is 4.99 Å². The Morgan fingerprint density at radius 1 is 0.933 bits per heavy atom. The number of carbonyl (C=O) groups is 1. The summed E-state index contributed by atoms with van der Waals surface area (Å²) < 4.78 is 1.78. The highest BCUT2D eigenvalue weighted by Crippen LogP contribution is 2.31. The highest BCUT2D eigenvalue weighted by molar-refractivity contribution is 9.10. The van der Waals surface area contributed by atoms with Crippen LogP contribution < -0.4 is 9.80 Å². The number of hydrogen-bond acceptors (Lipinski definition) is 3. The van der Waals surface area contributed by atoms with Crippen LogP contribution in [0.1, 0.15) is 11.1 Å². The van der Waals surface area contributed by atoms with Gasteiger partial charge in [0, 0.05) is 34.3 Å². The molecule has 0 fully saturated rings. The lowest BCUT2D eigenvalue weighted by Gasteiger charge is -2.19. The van der Waals surface area contributed by atoms with Crippen LogP contribution in [0.5, 0.6) is 0 Å². The lowest BCUT2D eigenvalue weighted by molar-refractivity contribution is -0.113. The number of rotatable bonds is 4. The molecule has 4 rings (SSSR count). The van der Waals surface area contributed by atoms with Crippen LogP contribution in [0.25, 0.3) is 6.08 Å². The van der Waals surface area contributed by atoms with Crippen LogP contribution in [0.3, 0.4) is 0 Å². The number of hydrogen-bond donors (Lipinski definition) is 0. The number of amides is 1. The second-order valence-corrected chi connectivity index (χ2v) is 8.82. The van der Waals surface area contributed by atoms with Gasteiger partial charge in [-0.3, -0.25) is 9.69 Å². The van der Waals surface area contributed by atoms with Crippen LogP contribution in [-0.2, 0) is 4.79 Å². The molecule has 1 amide bonds. The SMILES string of the molecule is CN(C)c1ccc(/C=C2/N=C(c3ccccc3Br)N(c3cccc(Br)c3)C2=O)cc1. The maximum Gasteiger partial charge on any atom is 0.282 e. The Hall–Kier alpha value is -2.70. The molecule has 0 aromatic heterocycles. The Balaban J connectivity index is 1.81. The average Bonchev–Trinajstić information content (AvgIpc) is 3.04. The van der Waals surface area contributed by atoms with E-state index in [1.807, 2.05) is 97.9 Å². The van der Waals surface area contributed by atoms with E-state index in [2.05, 4.69) is 31.9 Å². The predicted molar refractivity (Wildman–Crippen MR) is 131 cm³/mol. The van der Waals surface area contributed by atoms with Crippen LogP contribution in [0, 0.1) is 0 Å². The van der Waals surface area contributed by atoms with Crippen molar-refractivity contribution in [2.24, 2.45) is 4.99 Å². The largest absolute Gasteiger partial charge is 0.378 e. The maximum atomic E-state index is 13.4. The van der Waals surface area contributed by atoms with Gasteiger partial charge in [-0.15, -0.1) is 0 Å². The van der Waals surface area contributed by atoms with Crippen molar-refractivity contribution in [2.75, 3.05) is 23.9 Å². The number of carbonyl (C=O) groups excluding carboxylic acids is 1. The molecule has 3 aromatic carbocycles. The van der Waals surface area contributed by atoms with Gasteiger partial charge in [0.2, 0.25) is 0 Å². The van der Waals surface area contributed by atoms with E-state index in [9.17, 15) is 4.79 Å². The summed E-state index contributed by atoms with van der Waals surface area (Å²) in [6, 6.07) is 23.5. The van der Waals surface area contributed by atoms with E-state index in [0.29, 0.717) is 11.5 Å². The van der Waals surface area contributed by atoms with Gasteiger partial charge in [0.25, 0.3) is 5.91 Å². The highest BCUT2D eigenvalue weighted by atomic mass is 79.9. The third kappa shape index (κ3) is 4.11. The third-order valence-corrected chi connectivity index (χ3v) is 5.94. The van der Waals surface area contributed by atoms with Crippen molar-refractivity contribution >= 4 is 61.1 Å². The van der Waals surface area contributed by atoms with Gasteiger partial charge in [-0.25, -0.2) is 4.99 Å². The van der Waals surface area contributed by atoms with Crippen LogP contribution in [0.15, 0.2) is 92.4 Å². The van der Waals surface area contributed by atoms with E-state index in [-0.39, 0.29) is 5.91 Å². The fourth-order valence-corrected chi connectivity index (χ4v) is 4.07. The summed E-state index contributed by atoms with van der Waals surface area (Å²) in [5, 5.41) is 0. The molecule has 0 saturated carbocycles. The van der Waals surface area contributed by atoms with Crippen LogP contribution in [0.2, 0.25) is 0 Å². The van der Waals surface area contributed by atoms with Crippen molar-refractivity contribution in [2.45, 2.75) is 0 Å². The van der Waals surface area contributed by atoms with Gasteiger partial charge in [0.05, 0.1) is 5.69 Å². The molecule has 4 nitrogen and oxygen atoms in total. The van der Waals surface area contributed by atoms with Gasteiger partial charge in [0.15, 0.2) is 0 Å². The third-order valence-electron chi connectivity index (χ3n) is 4.75. The topological polar surface area (TPSA) is 35.9 Å². The summed E-state index contributed by atoms with van der Waals surface area (Å²) in [5.74, 6) is 0.442. The summed E-state index contributed by atoms with van der Waals surface area (Å²) >= 11 is 7.10. The Bertz CT molecular complexity index is 1170. The van der Waals surface area contributed by atoms with Crippen molar-refractivity contribution in [3.05, 3.63) is 98.6 Å². The molecule has 1 heterocycles.